The molecule has 3 N–H and O–H groups in total. The van der Waals surface area contributed by atoms with Crippen molar-refractivity contribution >= 4 is 5.78 Å². The Morgan fingerprint density at radius 1 is 1.55 bits per heavy atom. The van der Waals surface area contributed by atoms with Crippen molar-refractivity contribution < 1.29 is 24.9 Å². The third kappa shape index (κ3) is 1.57. The van der Waals surface area contributed by atoms with Gasteiger partial charge >= 0.3 is 0 Å². The second-order valence-corrected chi connectivity index (χ2v) is 2.44. The van der Waals surface area contributed by atoms with E-state index in [2.05, 4.69) is 0 Å². The van der Waals surface area contributed by atoms with Crippen molar-refractivity contribution in [2.24, 2.45) is 0 Å². The third-order valence-electron chi connectivity index (χ3n) is 1.62. The molecule has 0 aromatic heterocycles. The topological polar surface area (TPSA) is 87.0 Å². The first-order valence-corrected chi connectivity index (χ1v) is 3.28. The molecule has 0 spiro atoms. The predicted octanol–water partition coefficient (Wildman–Crippen LogP) is -2.33. The van der Waals surface area contributed by atoms with E-state index in [4.69, 9.17) is 20.1 Å². The van der Waals surface area contributed by atoms with Gasteiger partial charge in [0.25, 0.3) is 0 Å². The SMILES string of the molecule is O=C(CO)[C@H]1OC[C@@H](O)[C@H]1O. The van der Waals surface area contributed by atoms with E-state index in [1.165, 1.54) is 0 Å². The summed E-state index contributed by atoms with van der Waals surface area (Å²) in [6.07, 6.45) is -3.28. The van der Waals surface area contributed by atoms with Gasteiger partial charge in [-0.25, -0.2) is 0 Å². The fraction of sp³-hybridized carbons (Fsp3) is 0.833. The maximum atomic E-state index is 10.7. The highest BCUT2D eigenvalue weighted by molar-refractivity contribution is 5.85. The third-order valence-corrected chi connectivity index (χ3v) is 1.62. The van der Waals surface area contributed by atoms with Gasteiger partial charge in [0.2, 0.25) is 0 Å². The molecule has 0 radical (unpaired) electrons. The van der Waals surface area contributed by atoms with Crippen molar-refractivity contribution in [3.05, 3.63) is 0 Å². The number of Topliss-reactive ketones (excluding diaryl/α,β-unsaturated/α-hetero) is 1. The summed E-state index contributed by atoms with van der Waals surface area (Å²) in [6, 6.07) is 0. The maximum absolute atomic E-state index is 10.7. The standard InChI is InChI=1S/C6H10O5/c7-1-3(8)6-5(10)4(9)2-11-6/h4-7,9-10H,1-2H2/t4-,5-,6-/m1/s1. The molecule has 5 nitrogen and oxygen atoms in total. The van der Waals surface area contributed by atoms with Crippen molar-refractivity contribution in [3.63, 3.8) is 0 Å². The Labute approximate surface area is 63.2 Å². The van der Waals surface area contributed by atoms with Crippen LogP contribution in [0.3, 0.4) is 0 Å². The Kier molecular flexibility index (Phi) is 2.56. The zero-order chi connectivity index (χ0) is 8.43. The highest BCUT2D eigenvalue weighted by atomic mass is 16.5. The lowest BCUT2D eigenvalue weighted by Crippen LogP contribution is -2.37. The van der Waals surface area contributed by atoms with Gasteiger partial charge in [0.1, 0.15) is 24.9 Å². The van der Waals surface area contributed by atoms with Gasteiger partial charge in [-0.15, -0.1) is 0 Å². The number of aliphatic hydroxyl groups is 3. The monoisotopic (exact) mass is 162 g/mol. The molecule has 11 heavy (non-hydrogen) atoms. The first-order chi connectivity index (χ1) is 5.16. The van der Waals surface area contributed by atoms with Crippen LogP contribution in [0.15, 0.2) is 0 Å². The van der Waals surface area contributed by atoms with Crippen LogP contribution in [-0.2, 0) is 9.53 Å². The zero-order valence-corrected chi connectivity index (χ0v) is 5.80. The van der Waals surface area contributed by atoms with E-state index in [1.54, 1.807) is 0 Å². The molecular weight excluding hydrogens is 152 g/mol. The molecule has 3 atom stereocenters. The van der Waals surface area contributed by atoms with E-state index < -0.39 is 30.7 Å². The summed E-state index contributed by atoms with van der Waals surface area (Å²) in [7, 11) is 0. The minimum Gasteiger partial charge on any atom is -0.388 e. The van der Waals surface area contributed by atoms with Gasteiger partial charge in [0.05, 0.1) is 6.61 Å². The summed E-state index contributed by atoms with van der Waals surface area (Å²) in [4.78, 5) is 10.7. The molecule has 0 aromatic rings. The van der Waals surface area contributed by atoms with Gasteiger partial charge in [0.15, 0.2) is 5.78 Å². The molecule has 64 valence electrons. The lowest BCUT2D eigenvalue weighted by atomic mass is 10.1. The van der Waals surface area contributed by atoms with E-state index in [1.807, 2.05) is 0 Å². The minimum absolute atomic E-state index is 0.0580. The van der Waals surface area contributed by atoms with Gasteiger partial charge < -0.3 is 20.1 Å². The number of carbonyl (C=O) groups is 1. The zero-order valence-electron chi connectivity index (χ0n) is 5.80. The van der Waals surface area contributed by atoms with E-state index in [0.717, 1.165) is 0 Å². The highest BCUT2D eigenvalue weighted by Crippen LogP contribution is 2.14. The number of hydrogen-bond acceptors (Lipinski definition) is 5. The van der Waals surface area contributed by atoms with Crippen LogP contribution in [0, 0.1) is 0 Å². The summed E-state index contributed by atoms with van der Waals surface area (Å²) >= 11 is 0. The van der Waals surface area contributed by atoms with Gasteiger partial charge in [-0.05, 0) is 0 Å². The summed E-state index contributed by atoms with van der Waals surface area (Å²) < 4.78 is 4.72. The van der Waals surface area contributed by atoms with Gasteiger partial charge in [-0.2, -0.15) is 0 Å². The summed E-state index contributed by atoms with van der Waals surface area (Å²) in [6.45, 7) is -0.730. The van der Waals surface area contributed by atoms with E-state index >= 15 is 0 Å². The largest absolute Gasteiger partial charge is 0.388 e. The van der Waals surface area contributed by atoms with E-state index in [0.29, 0.717) is 0 Å². The molecule has 1 rings (SSSR count). The first-order valence-electron chi connectivity index (χ1n) is 3.28. The van der Waals surface area contributed by atoms with E-state index in [-0.39, 0.29) is 6.61 Å². The van der Waals surface area contributed by atoms with Crippen LogP contribution in [0.2, 0.25) is 0 Å². The summed E-state index contributed by atoms with van der Waals surface area (Å²) in [5.74, 6) is -0.603. The fourth-order valence-electron chi connectivity index (χ4n) is 0.975. The normalized spacial score (nSPS) is 37.5. The van der Waals surface area contributed by atoms with Crippen LogP contribution < -0.4 is 0 Å². The minimum atomic E-state index is -1.20. The molecule has 0 bridgehead atoms. The van der Waals surface area contributed by atoms with Gasteiger partial charge in [-0.3, -0.25) is 4.79 Å². The Bertz CT molecular complexity index is 157. The average Bonchev–Trinajstić information content (AvgIpc) is 2.32. The molecule has 1 saturated heterocycles. The smallest absolute Gasteiger partial charge is 0.189 e. The highest BCUT2D eigenvalue weighted by Gasteiger charge is 2.38. The number of ketones is 1. The number of hydrogen-bond donors (Lipinski definition) is 3. The molecule has 5 heteroatoms. The summed E-state index contributed by atoms with van der Waals surface area (Å²) in [5, 5.41) is 26.3. The van der Waals surface area contributed by atoms with Crippen molar-refractivity contribution in [1.82, 2.24) is 0 Å². The Morgan fingerprint density at radius 3 is 2.55 bits per heavy atom. The van der Waals surface area contributed by atoms with Crippen LogP contribution in [0.1, 0.15) is 0 Å². The van der Waals surface area contributed by atoms with Crippen LogP contribution >= 0.6 is 0 Å². The Hall–Kier alpha value is -0.490. The number of ether oxygens (including phenoxy) is 1. The molecule has 1 heterocycles. The molecule has 0 aromatic carbocycles. The second kappa shape index (κ2) is 3.27. The summed E-state index contributed by atoms with van der Waals surface area (Å²) in [5.41, 5.74) is 0. The number of carbonyl (C=O) groups excluding carboxylic acids is 1. The first kappa shape index (κ1) is 8.61. The van der Waals surface area contributed by atoms with Gasteiger partial charge in [-0.1, -0.05) is 0 Å². The van der Waals surface area contributed by atoms with Crippen LogP contribution in [-0.4, -0.2) is 52.6 Å². The molecule has 0 saturated carbocycles. The van der Waals surface area contributed by atoms with Crippen molar-refractivity contribution in [1.29, 1.82) is 0 Å². The van der Waals surface area contributed by atoms with Crippen molar-refractivity contribution in [2.45, 2.75) is 18.3 Å². The van der Waals surface area contributed by atoms with Crippen LogP contribution in [0.25, 0.3) is 0 Å². The Morgan fingerprint density at radius 2 is 2.18 bits per heavy atom. The average molecular weight is 162 g/mol. The maximum Gasteiger partial charge on any atom is 0.189 e. The predicted molar refractivity (Wildman–Crippen MR) is 33.8 cm³/mol. The lowest BCUT2D eigenvalue weighted by Gasteiger charge is -2.11. The fourth-order valence-corrected chi connectivity index (χ4v) is 0.975. The number of rotatable bonds is 2. The number of aliphatic hydroxyl groups excluding tert-OH is 3. The molecule has 0 unspecified atom stereocenters. The molecule has 1 fully saturated rings. The van der Waals surface area contributed by atoms with Crippen LogP contribution in [0.4, 0.5) is 0 Å². The molecule has 1 aliphatic heterocycles. The second-order valence-electron chi connectivity index (χ2n) is 2.44. The molecular formula is C6H10O5. The van der Waals surface area contributed by atoms with Crippen molar-refractivity contribution in [3.8, 4) is 0 Å². The van der Waals surface area contributed by atoms with Gasteiger partial charge in [0, 0.05) is 0 Å². The molecule has 1 aliphatic rings. The van der Waals surface area contributed by atoms with Crippen molar-refractivity contribution in [2.75, 3.05) is 13.2 Å². The lowest BCUT2D eigenvalue weighted by molar-refractivity contribution is -0.134. The molecule has 0 aliphatic carbocycles. The Balaban J connectivity index is 2.54. The van der Waals surface area contributed by atoms with E-state index in [9.17, 15) is 4.79 Å². The quantitative estimate of drug-likeness (QED) is 0.424. The van der Waals surface area contributed by atoms with Crippen LogP contribution in [0.5, 0.6) is 0 Å². The molecule has 0 amide bonds.